The second-order valence-corrected chi connectivity index (χ2v) is 9.27. The third kappa shape index (κ3) is 5.13. The molecule has 1 unspecified atom stereocenters. The Kier molecular flexibility index (Phi) is 6.75. The predicted molar refractivity (Wildman–Crippen MR) is 111 cm³/mol. The summed E-state index contributed by atoms with van der Waals surface area (Å²) in [5.41, 5.74) is 3.17. The molecule has 0 aliphatic heterocycles. The first-order valence-electron chi connectivity index (χ1n) is 9.52. The molecule has 2 aromatic rings. The number of benzene rings is 2. The van der Waals surface area contributed by atoms with Gasteiger partial charge in [0.15, 0.2) is 0 Å². The molecule has 28 heavy (non-hydrogen) atoms. The Bertz CT molecular complexity index is 960. The molecule has 0 radical (unpaired) electrons. The fraction of sp³-hybridized carbons (Fsp3) is 0.381. The van der Waals surface area contributed by atoms with Gasteiger partial charge in [-0.3, -0.25) is 4.79 Å². The van der Waals surface area contributed by atoms with E-state index in [2.05, 4.69) is 10.0 Å². The van der Waals surface area contributed by atoms with E-state index in [1.54, 1.807) is 18.2 Å². The molecule has 1 atom stereocenters. The Morgan fingerprint density at radius 1 is 1.11 bits per heavy atom. The van der Waals surface area contributed by atoms with Gasteiger partial charge >= 0.3 is 0 Å². The van der Waals surface area contributed by atoms with E-state index in [-0.39, 0.29) is 29.8 Å². The molecule has 0 saturated heterocycles. The number of hydrogen-bond donors (Lipinski definition) is 2. The third-order valence-electron chi connectivity index (χ3n) is 5.02. The van der Waals surface area contributed by atoms with Crippen LogP contribution in [0.3, 0.4) is 0 Å². The van der Waals surface area contributed by atoms with Crippen LogP contribution in [0.5, 0.6) is 0 Å². The van der Waals surface area contributed by atoms with Crippen LogP contribution in [0.4, 0.5) is 0 Å². The van der Waals surface area contributed by atoms with E-state index in [0.717, 1.165) is 36.8 Å². The molecule has 5 nitrogen and oxygen atoms in total. The van der Waals surface area contributed by atoms with Crippen molar-refractivity contribution < 1.29 is 13.2 Å². The monoisotopic (exact) mass is 420 g/mol. The first-order chi connectivity index (χ1) is 13.4. The SMILES string of the molecule is CC(NC(=O)CCNS(=O)(=O)c1ccc2c(c1)CCCC2)c1ccccc1Cl. The number of fused-ring (bicyclic) bond motifs is 1. The first kappa shape index (κ1) is 20.8. The number of halogens is 1. The lowest BCUT2D eigenvalue weighted by atomic mass is 9.92. The summed E-state index contributed by atoms with van der Waals surface area (Å²) in [6, 6.07) is 12.4. The van der Waals surface area contributed by atoms with Gasteiger partial charge in [0.05, 0.1) is 10.9 Å². The van der Waals surface area contributed by atoms with E-state index >= 15 is 0 Å². The number of aryl methyl sites for hydroxylation is 2. The molecule has 0 spiro atoms. The highest BCUT2D eigenvalue weighted by Gasteiger charge is 2.18. The maximum absolute atomic E-state index is 12.5. The summed E-state index contributed by atoms with van der Waals surface area (Å²) in [7, 11) is -3.63. The average molecular weight is 421 g/mol. The van der Waals surface area contributed by atoms with Crippen LogP contribution in [0, 0.1) is 0 Å². The van der Waals surface area contributed by atoms with Crippen molar-refractivity contribution in [2.45, 2.75) is 50.0 Å². The van der Waals surface area contributed by atoms with Crippen molar-refractivity contribution in [3.63, 3.8) is 0 Å². The van der Waals surface area contributed by atoms with Crippen molar-refractivity contribution in [2.75, 3.05) is 6.54 Å². The van der Waals surface area contributed by atoms with Gasteiger partial charge in [-0.15, -0.1) is 0 Å². The molecule has 1 amide bonds. The van der Waals surface area contributed by atoms with Gasteiger partial charge in [-0.1, -0.05) is 35.9 Å². The van der Waals surface area contributed by atoms with Gasteiger partial charge in [-0.2, -0.15) is 0 Å². The highest BCUT2D eigenvalue weighted by Crippen LogP contribution is 2.24. The molecule has 150 valence electrons. The summed E-state index contributed by atoms with van der Waals surface area (Å²) in [6.45, 7) is 1.89. The summed E-state index contributed by atoms with van der Waals surface area (Å²) in [6.07, 6.45) is 4.22. The maximum Gasteiger partial charge on any atom is 0.240 e. The lowest BCUT2D eigenvalue weighted by Gasteiger charge is -2.17. The van der Waals surface area contributed by atoms with Crippen molar-refractivity contribution in [1.29, 1.82) is 0 Å². The third-order valence-corrected chi connectivity index (χ3v) is 6.83. The second kappa shape index (κ2) is 9.07. The molecule has 7 heteroatoms. The quantitative estimate of drug-likeness (QED) is 0.716. The molecule has 3 rings (SSSR count). The molecule has 2 N–H and O–H groups in total. The van der Waals surface area contributed by atoms with Crippen LogP contribution in [-0.2, 0) is 27.7 Å². The number of nitrogens with one attached hydrogen (secondary N) is 2. The minimum atomic E-state index is -3.63. The summed E-state index contributed by atoms with van der Waals surface area (Å²) in [5, 5.41) is 3.43. The van der Waals surface area contributed by atoms with Crippen LogP contribution in [0.1, 0.15) is 48.9 Å². The van der Waals surface area contributed by atoms with Gasteiger partial charge in [-0.05, 0) is 67.5 Å². The lowest BCUT2D eigenvalue weighted by Crippen LogP contribution is -2.32. The second-order valence-electron chi connectivity index (χ2n) is 7.10. The van der Waals surface area contributed by atoms with E-state index in [9.17, 15) is 13.2 Å². The lowest BCUT2D eigenvalue weighted by molar-refractivity contribution is -0.121. The fourth-order valence-electron chi connectivity index (χ4n) is 3.48. The van der Waals surface area contributed by atoms with Crippen molar-refractivity contribution >= 4 is 27.5 Å². The molecular formula is C21H25ClN2O3S. The topological polar surface area (TPSA) is 75.3 Å². The number of sulfonamides is 1. The van der Waals surface area contributed by atoms with Crippen LogP contribution in [-0.4, -0.2) is 20.9 Å². The summed E-state index contributed by atoms with van der Waals surface area (Å²) in [4.78, 5) is 12.4. The number of carbonyl (C=O) groups is 1. The van der Waals surface area contributed by atoms with E-state index in [0.29, 0.717) is 5.02 Å². The van der Waals surface area contributed by atoms with Crippen LogP contribution in [0.25, 0.3) is 0 Å². The predicted octanol–water partition coefficient (Wildman–Crippen LogP) is 3.76. The largest absolute Gasteiger partial charge is 0.349 e. The highest BCUT2D eigenvalue weighted by molar-refractivity contribution is 7.89. The number of amides is 1. The van der Waals surface area contributed by atoms with E-state index in [4.69, 9.17) is 11.6 Å². The van der Waals surface area contributed by atoms with Crippen molar-refractivity contribution in [3.05, 3.63) is 64.2 Å². The zero-order chi connectivity index (χ0) is 20.1. The number of carbonyl (C=O) groups excluding carboxylic acids is 1. The van der Waals surface area contributed by atoms with Crippen molar-refractivity contribution in [2.24, 2.45) is 0 Å². The average Bonchev–Trinajstić information content (AvgIpc) is 2.67. The molecule has 0 bridgehead atoms. The minimum Gasteiger partial charge on any atom is -0.349 e. The molecule has 1 aliphatic rings. The van der Waals surface area contributed by atoms with Crippen LogP contribution in [0.15, 0.2) is 47.4 Å². The molecule has 0 aromatic heterocycles. The van der Waals surface area contributed by atoms with Gasteiger partial charge < -0.3 is 5.32 Å². The van der Waals surface area contributed by atoms with E-state index in [1.807, 2.05) is 31.2 Å². The first-order valence-corrected chi connectivity index (χ1v) is 11.4. The molecular weight excluding hydrogens is 396 g/mol. The fourth-order valence-corrected chi connectivity index (χ4v) is 4.86. The Balaban J connectivity index is 1.53. The van der Waals surface area contributed by atoms with Gasteiger partial charge in [0, 0.05) is 18.0 Å². The van der Waals surface area contributed by atoms with Gasteiger partial charge in [0.25, 0.3) is 0 Å². The van der Waals surface area contributed by atoms with Crippen LogP contribution in [0.2, 0.25) is 5.02 Å². The van der Waals surface area contributed by atoms with Crippen molar-refractivity contribution in [3.8, 4) is 0 Å². The standard InChI is InChI=1S/C21H25ClN2O3S/c1-15(19-8-4-5-9-20(19)22)24-21(25)12-13-23-28(26,27)18-11-10-16-6-2-3-7-17(16)14-18/h4-5,8-11,14-15,23H,2-3,6-7,12-13H2,1H3,(H,24,25). The molecule has 1 aliphatic carbocycles. The number of hydrogen-bond acceptors (Lipinski definition) is 3. The van der Waals surface area contributed by atoms with E-state index < -0.39 is 10.0 Å². The van der Waals surface area contributed by atoms with Gasteiger partial charge in [-0.25, -0.2) is 13.1 Å². The molecule has 0 fully saturated rings. The van der Waals surface area contributed by atoms with E-state index in [1.165, 1.54) is 5.56 Å². The smallest absolute Gasteiger partial charge is 0.240 e. The van der Waals surface area contributed by atoms with Gasteiger partial charge in [0.1, 0.15) is 0 Å². The highest BCUT2D eigenvalue weighted by atomic mass is 35.5. The summed E-state index contributed by atoms with van der Waals surface area (Å²) in [5.74, 6) is -0.236. The zero-order valence-electron chi connectivity index (χ0n) is 15.9. The Labute approximate surface area is 171 Å². The Morgan fingerprint density at radius 3 is 2.57 bits per heavy atom. The van der Waals surface area contributed by atoms with Crippen LogP contribution < -0.4 is 10.0 Å². The normalized spacial score (nSPS) is 14.9. The minimum absolute atomic E-state index is 0.0422. The maximum atomic E-state index is 12.5. The summed E-state index contributed by atoms with van der Waals surface area (Å²) >= 11 is 6.14. The van der Waals surface area contributed by atoms with Gasteiger partial charge in [0.2, 0.25) is 15.9 Å². The summed E-state index contributed by atoms with van der Waals surface area (Å²) < 4.78 is 27.6. The molecule has 2 aromatic carbocycles. The van der Waals surface area contributed by atoms with Crippen molar-refractivity contribution in [1.82, 2.24) is 10.0 Å². The molecule has 0 heterocycles. The Hall–Kier alpha value is -1.89. The Morgan fingerprint density at radius 2 is 1.82 bits per heavy atom. The number of rotatable bonds is 7. The zero-order valence-corrected chi connectivity index (χ0v) is 17.4. The molecule has 0 saturated carbocycles. The van der Waals surface area contributed by atoms with Crippen LogP contribution >= 0.6 is 11.6 Å².